The highest BCUT2D eigenvalue weighted by Crippen LogP contribution is 2.65. The smallest absolute Gasteiger partial charge is 0.338 e. The summed E-state index contributed by atoms with van der Waals surface area (Å²) in [5.41, 5.74) is 3.31. The molecule has 11 heteroatoms. The number of nitrogens with one attached hydrogen (secondary N) is 1. The number of anilines is 1. The van der Waals surface area contributed by atoms with Gasteiger partial charge in [0.2, 0.25) is 5.91 Å². The highest BCUT2D eigenvalue weighted by atomic mass is 35.5. The Morgan fingerprint density at radius 3 is 2.83 bits per heavy atom. The van der Waals surface area contributed by atoms with E-state index in [1.807, 2.05) is 16.7 Å². The largest absolute Gasteiger partial charge is 0.465 e. The van der Waals surface area contributed by atoms with Crippen molar-refractivity contribution in [2.75, 3.05) is 19.0 Å². The fourth-order valence-electron chi connectivity index (χ4n) is 7.55. The SMILES string of the molecule is COC(=O)c1ccn2c3c(nc2c1)[C@@H]1[C@H](C3)N(CC2CC2)[C@@]2(C(=O)Nc3cc(Cl)ccc32)[C@H]1c1ccnc(Cl)c1F. The fraction of sp³-hybridized carbons (Fsp3) is 0.333. The number of ether oxygens (including phenoxy) is 1. The lowest BCUT2D eigenvalue weighted by Gasteiger charge is -2.40. The fourth-order valence-corrected chi connectivity index (χ4v) is 7.89. The number of carbonyl (C=O) groups is 2. The van der Waals surface area contributed by atoms with Crippen LogP contribution in [0.1, 0.15) is 57.6 Å². The standard InChI is InChI=1S/C30H24Cl2FN5O3/c1-41-28(39)15-7-9-37-21-12-20-23(26(21)36-22(37)10-15)24(17-6-8-34-27(32)25(17)33)30(38(20)13-14-2-3-14)18-5-4-16(31)11-19(18)35-29(30)40/h4-11,14,20,23-24H,2-3,12-13H2,1H3,(H,35,40)/t20-,23+,24-,30+/m0/s1. The van der Waals surface area contributed by atoms with Crippen LogP contribution in [0.25, 0.3) is 5.65 Å². The third-order valence-electron chi connectivity index (χ3n) is 9.32. The summed E-state index contributed by atoms with van der Waals surface area (Å²) in [6.07, 6.45) is 6.11. The van der Waals surface area contributed by atoms with Crippen LogP contribution in [-0.4, -0.2) is 50.8 Å². The molecule has 4 aliphatic rings. The monoisotopic (exact) mass is 591 g/mol. The summed E-state index contributed by atoms with van der Waals surface area (Å²) < 4.78 is 22.9. The molecule has 2 fully saturated rings. The first-order valence-electron chi connectivity index (χ1n) is 13.6. The summed E-state index contributed by atoms with van der Waals surface area (Å²) in [6.45, 7) is 0.701. The zero-order valence-electron chi connectivity index (χ0n) is 21.9. The minimum Gasteiger partial charge on any atom is -0.465 e. The zero-order chi connectivity index (χ0) is 28.2. The highest BCUT2D eigenvalue weighted by Gasteiger charge is 2.69. The normalized spacial score (nSPS) is 26.3. The van der Waals surface area contributed by atoms with Crippen molar-refractivity contribution < 1.29 is 18.7 Å². The van der Waals surface area contributed by atoms with Crippen LogP contribution in [0.2, 0.25) is 10.2 Å². The number of halogens is 3. The van der Waals surface area contributed by atoms with Gasteiger partial charge in [-0.15, -0.1) is 0 Å². The average Bonchev–Trinajstić information content (AvgIpc) is 3.41. The average molecular weight is 592 g/mol. The Morgan fingerprint density at radius 2 is 2.05 bits per heavy atom. The molecule has 1 amide bonds. The Hall–Kier alpha value is -3.53. The molecule has 1 N–H and O–H groups in total. The molecule has 1 spiro atoms. The van der Waals surface area contributed by atoms with Gasteiger partial charge in [-0.3, -0.25) is 9.69 Å². The Morgan fingerprint density at radius 1 is 1.22 bits per heavy atom. The van der Waals surface area contributed by atoms with E-state index in [1.165, 1.54) is 13.3 Å². The number of methoxy groups -OCH3 is 1. The summed E-state index contributed by atoms with van der Waals surface area (Å²) in [5.74, 6) is -1.82. The first-order valence-corrected chi connectivity index (χ1v) is 14.4. The quantitative estimate of drug-likeness (QED) is 0.255. The van der Waals surface area contributed by atoms with Gasteiger partial charge in [-0.05, 0) is 54.7 Å². The van der Waals surface area contributed by atoms with Crippen LogP contribution in [0, 0.1) is 11.7 Å². The molecule has 4 atom stereocenters. The summed E-state index contributed by atoms with van der Waals surface area (Å²) in [6, 6.07) is 10.3. The molecule has 1 aromatic carbocycles. The van der Waals surface area contributed by atoms with Gasteiger partial charge in [-0.1, -0.05) is 29.3 Å². The maximum Gasteiger partial charge on any atom is 0.338 e. The van der Waals surface area contributed by atoms with Crippen molar-refractivity contribution in [3.8, 4) is 0 Å². The van der Waals surface area contributed by atoms with Crippen molar-refractivity contribution in [1.82, 2.24) is 19.3 Å². The van der Waals surface area contributed by atoms with Gasteiger partial charge in [0, 0.05) is 65.2 Å². The topological polar surface area (TPSA) is 88.8 Å². The molecular weight excluding hydrogens is 568 g/mol. The van der Waals surface area contributed by atoms with E-state index in [9.17, 15) is 9.59 Å². The summed E-state index contributed by atoms with van der Waals surface area (Å²) in [4.78, 5) is 37.9. The van der Waals surface area contributed by atoms with E-state index < -0.39 is 23.2 Å². The highest BCUT2D eigenvalue weighted by molar-refractivity contribution is 6.31. The lowest BCUT2D eigenvalue weighted by Crippen LogP contribution is -2.53. The predicted octanol–water partition coefficient (Wildman–Crippen LogP) is 5.33. The summed E-state index contributed by atoms with van der Waals surface area (Å²) in [5, 5.41) is 3.35. The Bertz CT molecular complexity index is 1810. The van der Waals surface area contributed by atoms with Gasteiger partial charge in [0.05, 0.1) is 18.4 Å². The van der Waals surface area contributed by atoms with Crippen LogP contribution in [0.5, 0.6) is 0 Å². The third-order valence-corrected chi connectivity index (χ3v) is 9.82. The lowest BCUT2D eigenvalue weighted by molar-refractivity contribution is -0.128. The molecule has 2 aliphatic heterocycles. The molecule has 0 unspecified atom stereocenters. The molecule has 0 bridgehead atoms. The van der Waals surface area contributed by atoms with E-state index in [1.54, 1.807) is 30.3 Å². The second kappa shape index (κ2) is 8.74. The molecule has 4 aromatic rings. The van der Waals surface area contributed by atoms with Crippen molar-refractivity contribution in [3.05, 3.63) is 92.9 Å². The number of hydrogen-bond donors (Lipinski definition) is 1. The van der Waals surface area contributed by atoms with Gasteiger partial charge >= 0.3 is 5.97 Å². The minimum absolute atomic E-state index is 0.117. The number of benzene rings is 1. The second-order valence-corrected chi connectivity index (χ2v) is 12.2. The van der Waals surface area contributed by atoms with Crippen LogP contribution in [0.3, 0.4) is 0 Å². The molecule has 0 radical (unpaired) electrons. The number of esters is 1. The first-order chi connectivity index (χ1) is 19.8. The Kier molecular flexibility index (Phi) is 5.37. The van der Waals surface area contributed by atoms with Crippen LogP contribution >= 0.6 is 23.2 Å². The third kappa shape index (κ3) is 3.37. The van der Waals surface area contributed by atoms with Crippen LogP contribution in [0.4, 0.5) is 10.1 Å². The molecule has 41 heavy (non-hydrogen) atoms. The molecule has 8 rings (SSSR count). The maximum atomic E-state index is 16.0. The molecule has 3 aromatic heterocycles. The molecule has 1 saturated carbocycles. The van der Waals surface area contributed by atoms with Crippen LogP contribution in [-0.2, 0) is 21.5 Å². The number of nitrogens with zero attached hydrogens (tertiary/aromatic N) is 4. The van der Waals surface area contributed by atoms with E-state index >= 15 is 4.39 Å². The van der Waals surface area contributed by atoms with E-state index in [0.29, 0.717) is 46.4 Å². The van der Waals surface area contributed by atoms with Crippen molar-refractivity contribution in [3.63, 3.8) is 0 Å². The van der Waals surface area contributed by atoms with E-state index in [0.717, 1.165) is 29.8 Å². The molecule has 5 heterocycles. The van der Waals surface area contributed by atoms with Gasteiger partial charge < -0.3 is 14.5 Å². The van der Waals surface area contributed by atoms with E-state index in [-0.39, 0.29) is 23.0 Å². The Balaban J connectivity index is 1.40. The van der Waals surface area contributed by atoms with Crippen molar-refractivity contribution >= 4 is 46.4 Å². The van der Waals surface area contributed by atoms with Crippen molar-refractivity contribution in [2.24, 2.45) is 5.92 Å². The zero-order valence-corrected chi connectivity index (χ0v) is 23.4. The molecule has 2 aliphatic carbocycles. The number of hydrogen-bond acceptors (Lipinski definition) is 6. The van der Waals surface area contributed by atoms with E-state index in [4.69, 9.17) is 32.9 Å². The predicted molar refractivity (Wildman–Crippen MR) is 150 cm³/mol. The number of imidazole rings is 1. The lowest BCUT2D eigenvalue weighted by atomic mass is 9.71. The molecular formula is C30H24Cl2FN5O3. The number of amides is 1. The number of rotatable bonds is 4. The van der Waals surface area contributed by atoms with Gasteiger partial charge in [0.1, 0.15) is 11.2 Å². The van der Waals surface area contributed by atoms with Gasteiger partial charge in [0.15, 0.2) is 11.0 Å². The van der Waals surface area contributed by atoms with Crippen LogP contribution < -0.4 is 5.32 Å². The molecule has 208 valence electrons. The van der Waals surface area contributed by atoms with Gasteiger partial charge in [-0.2, -0.15) is 0 Å². The van der Waals surface area contributed by atoms with Crippen molar-refractivity contribution in [1.29, 1.82) is 0 Å². The summed E-state index contributed by atoms with van der Waals surface area (Å²) >= 11 is 12.6. The Labute approximate surface area is 244 Å². The number of likely N-dealkylation sites (tertiary alicyclic amines) is 1. The first kappa shape index (κ1) is 25.2. The maximum absolute atomic E-state index is 16.0. The van der Waals surface area contributed by atoms with Crippen LogP contribution in [0.15, 0.2) is 48.8 Å². The molecule has 1 saturated heterocycles. The number of carbonyl (C=O) groups excluding carboxylic acids is 2. The van der Waals surface area contributed by atoms with E-state index in [2.05, 4.69) is 15.2 Å². The summed E-state index contributed by atoms with van der Waals surface area (Å²) in [7, 11) is 1.34. The van der Waals surface area contributed by atoms with Crippen molar-refractivity contribution in [2.45, 2.75) is 42.7 Å². The molecule has 8 nitrogen and oxygen atoms in total. The van der Waals surface area contributed by atoms with Gasteiger partial charge in [0.25, 0.3) is 0 Å². The second-order valence-electron chi connectivity index (χ2n) is 11.4. The minimum atomic E-state index is -1.20. The number of pyridine rings is 2. The van der Waals surface area contributed by atoms with Gasteiger partial charge in [-0.25, -0.2) is 19.2 Å². The number of aromatic nitrogens is 3. The number of fused-ring (bicyclic) bond motifs is 7.